The maximum absolute atomic E-state index is 12.4. The molecule has 0 unspecified atom stereocenters. The number of fused-ring (bicyclic) bond motifs is 2. The van der Waals surface area contributed by atoms with Crippen LogP contribution >= 0.6 is 11.6 Å². The molecule has 120 valence electrons. The average Bonchev–Trinajstić information content (AvgIpc) is 3.01. The zero-order valence-electron chi connectivity index (χ0n) is 12.3. The van der Waals surface area contributed by atoms with E-state index in [4.69, 9.17) is 11.6 Å². The molecule has 3 atom stereocenters. The molecule has 2 aliphatic carbocycles. The SMILES string of the molecule is CS(=O)(=O)Nc1ccc(Cl)c(C(=O)N[C@@H]2C[C@H]3CC[C@@H]2C3)c1. The summed E-state index contributed by atoms with van der Waals surface area (Å²) in [5, 5.41) is 3.38. The average molecular weight is 343 g/mol. The van der Waals surface area contributed by atoms with Gasteiger partial charge in [0.2, 0.25) is 10.0 Å². The van der Waals surface area contributed by atoms with Gasteiger partial charge in [0, 0.05) is 11.7 Å². The van der Waals surface area contributed by atoms with E-state index in [9.17, 15) is 13.2 Å². The molecule has 3 rings (SSSR count). The summed E-state index contributed by atoms with van der Waals surface area (Å²) < 4.78 is 24.9. The quantitative estimate of drug-likeness (QED) is 0.883. The molecular formula is C15H19ClN2O3S. The summed E-state index contributed by atoms with van der Waals surface area (Å²) in [5.41, 5.74) is 0.642. The number of hydrogen-bond acceptors (Lipinski definition) is 3. The van der Waals surface area contributed by atoms with E-state index in [1.165, 1.54) is 37.5 Å². The number of carbonyl (C=O) groups is 1. The van der Waals surface area contributed by atoms with Crippen LogP contribution in [0.2, 0.25) is 5.02 Å². The molecule has 0 heterocycles. The highest BCUT2D eigenvalue weighted by Crippen LogP contribution is 2.44. The van der Waals surface area contributed by atoms with Crippen molar-refractivity contribution >= 4 is 33.2 Å². The van der Waals surface area contributed by atoms with Gasteiger partial charge in [0.1, 0.15) is 0 Å². The molecular weight excluding hydrogens is 324 g/mol. The minimum absolute atomic E-state index is 0.217. The van der Waals surface area contributed by atoms with Crippen LogP contribution < -0.4 is 10.0 Å². The Hall–Kier alpha value is -1.27. The highest BCUT2D eigenvalue weighted by molar-refractivity contribution is 7.92. The largest absolute Gasteiger partial charge is 0.349 e. The zero-order valence-corrected chi connectivity index (χ0v) is 13.9. The number of nitrogens with one attached hydrogen (secondary N) is 2. The van der Waals surface area contributed by atoms with Crippen molar-refractivity contribution in [1.29, 1.82) is 0 Å². The van der Waals surface area contributed by atoms with E-state index in [1.54, 1.807) is 0 Å². The van der Waals surface area contributed by atoms with Crippen molar-refractivity contribution < 1.29 is 13.2 Å². The molecule has 5 nitrogen and oxygen atoms in total. The predicted octanol–water partition coefficient (Wildman–Crippen LogP) is 2.63. The molecule has 0 radical (unpaired) electrons. The molecule has 2 aliphatic rings. The van der Waals surface area contributed by atoms with Gasteiger partial charge in [-0.2, -0.15) is 0 Å². The summed E-state index contributed by atoms with van der Waals surface area (Å²) in [6, 6.07) is 4.77. The lowest BCUT2D eigenvalue weighted by Crippen LogP contribution is -2.38. The maximum atomic E-state index is 12.4. The second kappa shape index (κ2) is 5.74. The first-order chi connectivity index (χ1) is 10.3. The van der Waals surface area contributed by atoms with Crippen LogP contribution in [-0.2, 0) is 10.0 Å². The lowest BCUT2D eigenvalue weighted by Gasteiger charge is -2.23. The summed E-state index contributed by atoms with van der Waals surface area (Å²) in [5.74, 6) is 1.08. The van der Waals surface area contributed by atoms with Gasteiger partial charge in [0.25, 0.3) is 5.91 Å². The predicted molar refractivity (Wildman–Crippen MR) is 86.6 cm³/mol. The van der Waals surface area contributed by atoms with Crippen molar-refractivity contribution in [2.45, 2.75) is 31.7 Å². The maximum Gasteiger partial charge on any atom is 0.253 e. The molecule has 7 heteroatoms. The Balaban J connectivity index is 1.75. The molecule has 0 aromatic heterocycles. The third-order valence-corrected chi connectivity index (χ3v) is 5.50. The fourth-order valence-corrected chi connectivity index (χ4v) is 4.40. The number of anilines is 1. The Morgan fingerprint density at radius 1 is 1.27 bits per heavy atom. The summed E-state index contributed by atoms with van der Waals surface area (Å²) in [4.78, 5) is 12.4. The molecule has 2 bridgehead atoms. The molecule has 0 saturated heterocycles. The van der Waals surface area contributed by atoms with Crippen molar-refractivity contribution in [2.75, 3.05) is 11.0 Å². The Labute approximate surface area is 135 Å². The van der Waals surface area contributed by atoms with Crippen LogP contribution in [0.1, 0.15) is 36.0 Å². The Morgan fingerprint density at radius 3 is 2.64 bits per heavy atom. The first kappa shape index (κ1) is 15.6. The summed E-state index contributed by atoms with van der Waals surface area (Å²) in [6.45, 7) is 0. The smallest absolute Gasteiger partial charge is 0.253 e. The minimum atomic E-state index is -3.39. The van der Waals surface area contributed by atoms with Crippen molar-refractivity contribution in [3.05, 3.63) is 28.8 Å². The van der Waals surface area contributed by atoms with E-state index in [0.29, 0.717) is 22.2 Å². The van der Waals surface area contributed by atoms with Crippen molar-refractivity contribution in [1.82, 2.24) is 5.32 Å². The molecule has 1 aromatic rings. The van der Waals surface area contributed by atoms with E-state index in [2.05, 4.69) is 10.0 Å². The van der Waals surface area contributed by atoms with Gasteiger partial charge in [-0.15, -0.1) is 0 Å². The number of halogens is 1. The minimum Gasteiger partial charge on any atom is -0.349 e. The Kier molecular flexibility index (Phi) is 4.07. The first-order valence-electron chi connectivity index (χ1n) is 7.40. The third kappa shape index (κ3) is 3.38. The highest BCUT2D eigenvalue weighted by atomic mass is 35.5. The molecule has 2 saturated carbocycles. The topological polar surface area (TPSA) is 75.3 Å². The van der Waals surface area contributed by atoms with Gasteiger partial charge in [0.15, 0.2) is 0 Å². The summed E-state index contributed by atoms with van der Waals surface area (Å²) in [6.07, 6.45) is 5.75. The molecule has 1 aromatic carbocycles. The van der Waals surface area contributed by atoms with Crippen molar-refractivity contribution in [3.63, 3.8) is 0 Å². The van der Waals surface area contributed by atoms with Gasteiger partial charge in [-0.1, -0.05) is 18.0 Å². The van der Waals surface area contributed by atoms with Gasteiger partial charge in [-0.25, -0.2) is 8.42 Å². The van der Waals surface area contributed by atoms with E-state index in [-0.39, 0.29) is 11.9 Å². The van der Waals surface area contributed by atoms with Gasteiger partial charge in [-0.05, 0) is 49.3 Å². The first-order valence-corrected chi connectivity index (χ1v) is 9.67. The monoisotopic (exact) mass is 342 g/mol. The number of rotatable bonds is 4. The number of amides is 1. The fourth-order valence-electron chi connectivity index (χ4n) is 3.64. The van der Waals surface area contributed by atoms with E-state index < -0.39 is 10.0 Å². The third-order valence-electron chi connectivity index (χ3n) is 4.57. The Bertz CT molecular complexity index is 705. The highest BCUT2D eigenvalue weighted by Gasteiger charge is 2.40. The second-order valence-electron chi connectivity index (χ2n) is 6.32. The van der Waals surface area contributed by atoms with Crippen LogP contribution in [0.3, 0.4) is 0 Å². The van der Waals surface area contributed by atoms with E-state index in [0.717, 1.165) is 18.6 Å². The van der Waals surface area contributed by atoms with Gasteiger partial charge in [0.05, 0.1) is 16.8 Å². The molecule has 1 amide bonds. The lowest BCUT2D eigenvalue weighted by molar-refractivity contribution is 0.0923. The van der Waals surface area contributed by atoms with Crippen molar-refractivity contribution in [3.8, 4) is 0 Å². The molecule has 2 fully saturated rings. The van der Waals surface area contributed by atoms with Crippen LogP contribution in [0, 0.1) is 11.8 Å². The van der Waals surface area contributed by atoms with Crippen molar-refractivity contribution in [2.24, 2.45) is 11.8 Å². The van der Waals surface area contributed by atoms with Gasteiger partial charge in [-0.3, -0.25) is 9.52 Å². The number of sulfonamides is 1. The zero-order chi connectivity index (χ0) is 15.9. The molecule has 2 N–H and O–H groups in total. The van der Waals surface area contributed by atoms with Crippen LogP contribution in [-0.4, -0.2) is 26.6 Å². The summed E-state index contributed by atoms with van der Waals surface area (Å²) in [7, 11) is -3.39. The number of benzene rings is 1. The molecule has 0 aliphatic heterocycles. The van der Waals surface area contributed by atoms with E-state index >= 15 is 0 Å². The van der Waals surface area contributed by atoms with Gasteiger partial charge < -0.3 is 5.32 Å². The molecule has 22 heavy (non-hydrogen) atoms. The number of carbonyl (C=O) groups excluding carboxylic acids is 1. The van der Waals surface area contributed by atoms with Crippen LogP contribution in [0.15, 0.2) is 18.2 Å². The number of hydrogen-bond donors (Lipinski definition) is 2. The summed E-state index contributed by atoms with van der Waals surface area (Å²) >= 11 is 6.09. The van der Waals surface area contributed by atoms with Crippen LogP contribution in [0.4, 0.5) is 5.69 Å². The normalized spacial score (nSPS) is 26.9. The Morgan fingerprint density at radius 2 is 2.05 bits per heavy atom. The molecule has 0 spiro atoms. The standard InChI is InChI=1S/C15H19ClN2O3S/c1-22(20,21)18-11-4-5-13(16)12(8-11)15(19)17-14-7-9-2-3-10(14)6-9/h4-5,8-10,14,18H,2-3,6-7H2,1H3,(H,17,19)/t9-,10+,14+/m0/s1. The van der Waals surface area contributed by atoms with E-state index in [1.807, 2.05) is 0 Å². The van der Waals surface area contributed by atoms with Crippen LogP contribution in [0.25, 0.3) is 0 Å². The van der Waals surface area contributed by atoms with Gasteiger partial charge >= 0.3 is 0 Å². The lowest BCUT2D eigenvalue weighted by atomic mass is 9.95. The second-order valence-corrected chi connectivity index (χ2v) is 8.48. The fraction of sp³-hybridized carbons (Fsp3) is 0.533. The van der Waals surface area contributed by atoms with Crippen LogP contribution in [0.5, 0.6) is 0 Å².